The molecule has 1 N–H and O–H groups in total. The van der Waals surface area contributed by atoms with E-state index in [1.807, 2.05) is 31.2 Å². The minimum absolute atomic E-state index is 0.786. The SMILES string of the molecule is C/C=C/CNc1nccc2occc12. The molecule has 3 nitrogen and oxygen atoms in total. The molecule has 2 rings (SSSR count). The van der Waals surface area contributed by atoms with Gasteiger partial charge in [0.25, 0.3) is 0 Å². The van der Waals surface area contributed by atoms with Crippen LogP contribution in [-0.2, 0) is 0 Å². The van der Waals surface area contributed by atoms with Gasteiger partial charge in [0, 0.05) is 12.7 Å². The average Bonchev–Trinajstić information content (AvgIpc) is 2.67. The lowest BCUT2D eigenvalue weighted by atomic mass is 10.3. The van der Waals surface area contributed by atoms with Crippen molar-refractivity contribution in [2.75, 3.05) is 11.9 Å². The molecule has 0 aromatic carbocycles. The zero-order valence-corrected chi connectivity index (χ0v) is 8.03. The first kappa shape index (κ1) is 8.81. The van der Waals surface area contributed by atoms with E-state index in [1.165, 1.54) is 0 Å². The van der Waals surface area contributed by atoms with E-state index in [0.29, 0.717) is 0 Å². The van der Waals surface area contributed by atoms with Crippen molar-refractivity contribution in [2.24, 2.45) is 0 Å². The molecule has 14 heavy (non-hydrogen) atoms. The molecule has 0 aliphatic carbocycles. The average molecular weight is 188 g/mol. The Morgan fingerprint density at radius 2 is 2.43 bits per heavy atom. The van der Waals surface area contributed by atoms with Gasteiger partial charge in [0.2, 0.25) is 0 Å². The number of hydrogen-bond donors (Lipinski definition) is 1. The number of rotatable bonds is 3. The second-order valence-electron chi connectivity index (χ2n) is 2.94. The van der Waals surface area contributed by atoms with Gasteiger partial charge in [-0.3, -0.25) is 0 Å². The maximum Gasteiger partial charge on any atom is 0.139 e. The number of fused-ring (bicyclic) bond motifs is 1. The summed E-state index contributed by atoms with van der Waals surface area (Å²) in [5.41, 5.74) is 0.864. The molecule has 0 unspecified atom stereocenters. The Labute approximate surface area is 82.4 Å². The molecule has 0 radical (unpaired) electrons. The van der Waals surface area contributed by atoms with Crippen LogP contribution >= 0.6 is 0 Å². The number of pyridine rings is 1. The summed E-state index contributed by atoms with van der Waals surface area (Å²) < 4.78 is 5.27. The normalized spacial score (nSPS) is 11.2. The van der Waals surface area contributed by atoms with Gasteiger partial charge >= 0.3 is 0 Å². The van der Waals surface area contributed by atoms with Crippen LogP contribution in [0.4, 0.5) is 5.82 Å². The van der Waals surface area contributed by atoms with Crippen molar-refractivity contribution in [1.82, 2.24) is 4.98 Å². The summed E-state index contributed by atoms with van der Waals surface area (Å²) in [6.45, 7) is 2.78. The molecule has 2 aromatic heterocycles. The van der Waals surface area contributed by atoms with E-state index in [4.69, 9.17) is 4.42 Å². The Balaban J connectivity index is 2.27. The summed E-state index contributed by atoms with van der Waals surface area (Å²) in [5, 5.41) is 4.24. The highest BCUT2D eigenvalue weighted by Crippen LogP contribution is 2.21. The number of nitrogens with one attached hydrogen (secondary N) is 1. The Bertz CT molecular complexity index is 445. The topological polar surface area (TPSA) is 38.1 Å². The Kier molecular flexibility index (Phi) is 2.49. The number of furan rings is 1. The summed E-state index contributed by atoms with van der Waals surface area (Å²) in [6.07, 6.45) is 7.46. The van der Waals surface area contributed by atoms with Gasteiger partial charge < -0.3 is 9.73 Å². The van der Waals surface area contributed by atoms with Crippen molar-refractivity contribution in [3.63, 3.8) is 0 Å². The molecule has 0 aliphatic heterocycles. The van der Waals surface area contributed by atoms with E-state index in [0.717, 1.165) is 23.3 Å². The highest BCUT2D eigenvalue weighted by atomic mass is 16.3. The number of anilines is 1. The number of allylic oxidation sites excluding steroid dienone is 1. The first-order valence-corrected chi connectivity index (χ1v) is 4.59. The Hall–Kier alpha value is -1.77. The van der Waals surface area contributed by atoms with Gasteiger partial charge in [-0.05, 0) is 19.1 Å². The van der Waals surface area contributed by atoms with Gasteiger partial charge in [-0.15, -0.1) is 0 Å². The quantitative estimate of drug-likeness (QED) is 0.752. The molecular weight excluding hydrogens is 176 g/mol. The number of hydrogen-bond acceptors (Lipinski definition) is 3. The lowest BCUT2D eigenvalue weighted by Gasteiger charge is -2.02. The monoisotopic (exact) mass is 188 g/mol. The van der Waals surface area contributed by atoms with Crippen molar-refractivity contribution in [3.05, 3.63) is 36.7 Å². The molecular formula is C11H12N2O. The second kappa shape index (κ2) is 3.96. The lowest BCUT2D eigenvalue weighted by Crippen LogP contribution is -2.00. The molecule has 0 spiro atoms. The minimum Gasteiger partial charge on any atom is -0.464 e. The molecule has 2 aromatic rings. The fourth-order valence-electron chi connectivity index (χ4n) is 1.31. The first-order valence-electron chi connectivity index (χ1n) is 4.59. The third-order valence-corrected chi connectivity index (χ3v) is 2.00. The third-order valence-electron chi connectivity index (χ3n) is 2.00. The van der Waals surface area contributed by atoms with Crippen molar-refractivity contribution >= 4 is 16.8 Å². The molecule has 0 aliphatic rings. The largest absolute Gasteiger partial charge is 0.464 e. The summed E-state index contributed by atoms with van der Waals surface area (Å²) in [6, 6.07) is 3.77. The molecule has 72 valence electrons. The van der Waals surface area contributed by atoms with Gasteiger partial charge in [-0.25, -0.2) is 4.98 Å². The minimum atomic E-state index is 0.786. The van der Waals surface area contributed by atoms with Crippen LogP contribution in [0.3, 0.4) is 0 Å². The van der Waals surface area contributed by atoms with Crippen LogP contribution in [-0.4, -0.2) is 11.5 Å². The third kappa shape index (κ3) is 1.62. The van der Waals surface area contributed by atoms with Crippen molar-refractivity contribution in [3.8, 4) is 0 Å². The van der Waals surface area contributed by atoms with Crippen LogP contribution in [0.1, 0.15) is 6.92 Å². The maximum atomic E-state index is 5.27. The van der Waals surface area contributed by atoms with Crippen molar-refractivity contribution in [1.29, 1.82) is 0 Å². The van der Waals surface area contributed by atoms with Gasteiger partial charge in [0.1, 0.15) is 11.4 Å². The van der Waals surface area contributed by atoms with Gasteiger partial charge in [-0.1, -0.05) is 12.2 Å². The maximum absolute atomic E-state index is 5.27. The van der Waals surface area contributed by atoms with Gasteiger partial charge in [-0.2, -0.15) is 0 Å². The number of nitrogens with zero attached hydrogens (tertiary/aromatic N) is 1. The molecule has 0 atom stereocenters. The molecule has 0 saturated heterocycles. The van der Waals surface area contributed by atoms with Crippen LogP contribution < -0.4 is 5.32 Å². The van der Waals surface area contributed by atoms with E-state index < -0.39 is 0 Å². The Morgan fingerprint density at radius 3 is 3.29 bits per heavy atom. The first-order chi connectivity index (χ1) is 6.92. The summed E-state index contributed by atoms with van der Waals surface area (Å²) >= 11 is 0. The molecule has 3 heteroatoms. The summed E-state index contributed by atoms with van der Waals surface area (Å²) in [4.78, 5) is 4.25. The van der Waals surface area contributed by atoms with Gasteiger partial charge in [0.05, 0.1) is 11.6 Å². The molecule has 0 amide bonds. The van der Waals surface area contributed by atoms with E-state index in [2.05, 4.69) is 10.3 Å². The van der Waals surface area contributed by atoms with Crippen molar-refractivity contribution < 1.29 is 4.42 Å². The summed E-state index contributed by atoms with van der Waals surface area (Å²) in [5.74, 6) is 0.870. The highest BCUT2D eigenvalue weighted by Gasteiger charge is 2.02. The number of aromatic nitrogens is 1. The predicted octanol–water partition coefficient (Wildman–Crippen LogP) is 2.82. The molecule has 2 heterocycles. The van der Waals surface area contributed by atoms with E-state index >= 15 is 0 Å². The predicted molar refractivity (Wildman–Crippen MR) is 57.3 cm³/mol. The van der Waals surface area contributed by atoms with E-state index in [-0.39, 0.29) is 0 Å². The lowest BCUT2D eigenvalue weighted by molar-refractivity contribution is 0.615. The zero-order valence-electron chi connectivity index (χ0n) is 8.03. The fraction of sp³-hybridized carbons (Fsp3) is 0.182. The van der Waals surface area contributed by atoms with Crippen molar-refractivity contribution in [2.45, 2.75) is 6.92 Å². The van der Waals surface area contributed by atoms with E-state index in [1.54, 1.807) is 12.5 Å². The molecule has 0 bridgehead atoms. The molecule has 0 fully saturated rings. The smallest absolute Gasteiger partial charge is 0.139 e. The fourth-order valence-corrected chi connectivity index (χ4v) is 1.31. The van der Waals surface area contributed by atoms with Crippen LogP contribution in [0.2, 0.25) is 0 Å². The van der Waals surface area contributed by atoms with Gasteiger partial charge in [0.15, 0.2) is 0 Å². The second-order valence-corrected chi connectivity index (χ2v) is 2.94. The van der Waals surface area contributed by atoms with Crippen LogP contribution in [0.15, 0.2) is 41.2 Å². The van der Waals surface area contributed by atoms with Crippen LogP contribution in [0.5, 0.6) is 0 Å². The standard InChI is InChI=1S/C11H12N2O/c1-2-3-6-12-11-9-5-8-14-10(9)4-7-13-11/h2-5,7-8H,6H2,1H3,(H,12,13)/b3-2+. The summed E-state index contributed by atoms with van der Waals surface area (Å²) in [7, 11) is 0. The highest BCUT2D eigenvalue weighted by molar-refractivity contribution is 5.87. The molecule has 0 saturated carbocycles. The van der Waals surface area contributed by atoms with Crippen LogP contribution in [0.25, 0.3) is 11.0 Å². The zero-order chi connectivity index (χ0) is 9.80. The van der Waals surface area contributed by atoms with E-state index in [9.17, 15) is 0 Å². The Morgan fingerprint density at radius 1 is 1.50 bits per heavy atom. The van der Waals surface area contributed by atoms with Crippen LogP contribution in [0, 0.1) is 0 Å².